The third kappa shape index (κ3) is 6.58. The average molecular weight is 641 g/mol. The van der Waals surface area contributed by atoms with E-state index in [9.17, 15) is 9.59 Å². The van der Waals surface area contributed by atoms with Gasteiger partial charge in [-0.1, -0.05) is 38.5 Å². The minimum atomic E-state index is -0.315. The number of carbonyl (C=O) groups is 2. The topological polar surface area (TPSA) is 105 Å². The molecule has 10 atom stereocenters. The Hall–Kier alpha value is -3.28. The smallest absolute Gasteiger partial charge is 0.338 e. The summed E-state index contributed by atoms with van der Waals surface area (Å²) in [6.45, 7) is 11.9. The van der Waals surface area contributed by atoms with Crippen molar-refractivity contribution in [3.05, 3.63) is 71.3 Å². The van der Waals surface area contributed by atoms with Crippen molar-refractivity contribution in [2.75, 3.05) is 11.5 Å². The van der Waals surface area contributed by atoms with Crippen LogP contribution in [0.5, 0.6) is 0 Å². The molecular weight excluding hydrogens is 584 g/mol. The van der Waals surface area contributed by atoms with Crippen molar-refractivity contribution in [2.45, 2.75) is 111 Å². The van der Waals surface area contributed by atoms with Crippen LogP contribution in [-0.2, 0) is 9.47 Å². The summed E-state index contributed by atoms with van der Waals surface area (Å²) in [5.41, 5.74) is 15.8. The summed E-state index contributed by atoms with van der Waals surface area (Å²) in [7, 11) is 0. The van der Waals surface area contributed by atoms with E-state index >= 15 is 0 Å². The Labute approximate surface area is 282 Å². The van der Waals surface area contributed by atoms with Gasteiger partial charge in [0.25, 0.3) is 0 Å². The quantitative estimate of drug-likeness (QED) is 0.169. The second-order valence-electron chi connectivity index (χ2n) is 16.3. The third-order valence-electron chi connectivity index (χ3n) is 13.3. The van der Waals surface area contributed by atoms with E-state index in [4.69, 9.17) is 20.9 Å². The first-order valence-corrected chi connectivity index (χ1v) is 18.2. The Kier molecular flexibility index (Phi) is 9.53. The number of carbonyl (C=O) groups excluding carboxylic acids is 2. The highest BCUT2D eigenvalue weighted by molar-refractivity contribution is 5.90. The van der Waals surface area contributed by atoms with E-state index in [-0.39, 0.29) is 35.5 Å². The van der Waals surface area contributed by atoms with Crippen LogP contribution in [0.4, 0.5) is 11.4 Å². The fourth-order valence-corrected chi connectivity index (χ4v) is 11.0. The van der Waals surface area contributed by atoms with Crippen molar-refractivity contribution in [3.63, 3.8) is 0 Å². The van der Waals surface area contributed by atoms with E-state index in [0.29, 0.717) is 58.0 Å². The van der Waals surface area contributed by atoms with Gasteiger partial charge in [0.15, 0.2) is 0 Å². The standard InChI is InChI=1S/C41H56N2O4/c1-25(2)8-6-9-26(3)33-16-17-34-32-24-37(47-39(45)28-10-7-11-30(43)22-28)36-23-31(46-38(44)27-12-14-29(42)15-13-27)18-20-41(36,5)35(32)19-21-40(33,34)4/h7-8,10-15,22,26,31-37H,6,9,16-21,23-24,42-43H2,1-5H3. The molecule has 4 aliphatic rings. The Balaban J connectivity index is 1.25. The molecule has 10 unspecified atom stereocenters. The van der Waals surface area contributed by atoms with Crippen molar-refractivity contribution in [1.82, 2.24) is 0 Å². The Bertz CT molecular complexity index is 1480. The van der Waals surface area contributed by atoms with Gasteiger partial charge in [-0.15, -0.1) is 0 Å². The van der Waals surface area contributed by atoms with Crippen molar-refractivity contribution >= 4 is 23.3 Å². The maximum atomic E-state index is 13.7. The molecule has 4 N–H and O–H groups in total. The summed E-state index contributed by atoms with van der Waals surface area (Å²) in [5.74, 6) is 2.69. The maximum Gasteiger partial charge on any atom is 0.338 e. The molecule has 6 heteroatoms. The van der Waals surface area contributed by atoms with Crippen LogP contribution in [0.15, 0.2) is 60.2 Å². The molecule has 6 rings (SSSR count). The number of esters is 2. The Morgan fingerprint density at radius 2 is 1.53 bits per heavy atom. The number of hydrogen-bond acceptors (Lipinski definition) is 6. The van der Waals surface area contributed by atoms with Gasteiger partial charge in [-0.2, -0.15) is 0 Å². The molecule has 0 bridgehead atoms. The van der Waals surface area contributed by atoms with Gasteiger partial charge in [0.1, 0.15) is 12.2 Å². The fourth-order valence-electron chi connectivity index (χ4n) is 11.0. The van der Waals surface area contributed by atoms with Gasteiger partial charge >= 0.3 is 11.9 Å². The average Bonchev–Trinajstić information content (AvgIpc) is 3.39. The molecular formula is C41H56N2O4. The van der Waals surface area contributed by atoms with Gasteiger partial charge in [-0.3, -0.25) is 0 Å². The molecule has 0 aromatic heterocycles. The summed E-state index contributed by atoms with van der Waals surface area (Å²) >= 11 is 0. The second-order valence-corrected chi connectivity index (χ2v) is 16.3. The molecule has 2 aromatic rings. The molecule has 254 valence electrons. The minimum absolute atomic E-state index is 0.0160. The van der Waals surface area contributed by atoms with Crippen LogP contribution in [0.1, 0.15) is 120 Å². The lowest BCUT2D eigenvalue weighted by atomic mass is 9.43. The minimum Gasteiger partial charge on any atom is -0.459 e. The molecule has 0 heterocycles. The van der Waals surface area contributed by atoms with Crippen LogP contribution < -0.4 is 11.5 Å². The van der Waals surface area contributed by atoms with Crippen molar-refractivity contribution in [3.8, 4) is 0 Å². The van der Waals surface area contributed by atoms with Gasteiger partial charge < -0.3 is 20.9 Å². The third-order valence-corrected chi connectivity index (χ3v) is 13.3. The lowest BCUT2D eigenvalue weighted by molar-refractivity contribution is -0.173. The van der Waals surface area contributed by atoms with Gasteiger partial charge in [0, 0.05) is 17.3 Å². The van der Waals surface area contributed by atoms with E-state index in [0.717, 1.165) is 25.2 Å². The highest BCUT2D eigenvalue weighted by Crippen LogP contribution is 2.68. The van der Waals surface area contributed by atoms with Gasteiger partial charge in [0.05, 0.1) is 11.1 Å². The fraction of sp³-hybridized carbons (Fsp3) is 0.610. The Morgan fingerprint density at radius 1 is 0.830 bits per heavy atom. The molecule has 4 saturated carbocycles. The molecule has 2 aromatic carbocycles. The van der Waals surface area contributed by atoms with Crippen molar-refractivity contribution in [1.29, 1.82) is 0 Å². The van der Waals surface area contributed by atoms with Crippen LogP contribution in [-0.4, -0.2) is 24.1 Å². The summed E-state index contributed by atoms with van der Waals surface area (Å²) in [5, 5.41) is 0. The summed E-state index contributed by atoms with van der Waals surface area (Å²) in [4.78, 5) is 26.8. The zero-order valence-corrected chi connectivity index (χ0v) is 29.2. The SMILES string of the molecule is CC(C)=CCCC(C)C1CCC2C3CC(OC(=O)c4cccc(N)c4)C4CC(OC(=O)c5ccc(N)cc5)CCC4(C)C3CCC12C. The normalized spacial score (nSPS) is 35.0. The van der Waals surface area contributed by atoms with Gasteiger partial charge in [0.2, 0.25) is 0 Å². The molecule has 0 saturated heterocycles. The summed E-state index contributed by atoms with van der Waals surface area (Å²) < 4.78 is 12.7. The molecule has 47 heavy (non-hydrogen) atoms. The van der Waals surface area contributed by atoms with Crippen LogP contribution >= 0.6 is 0 Å². The Morgan fingerprint density at radius 3 is 2.26 bits per heavy atom. The lowest BCUT2D eigenvalue weighted by Gasteiger charge is -2.62. The van der Waals surface area contributed by atoms with E-state index in [1.165, 1.54) is 44.1 Å². The predicted molar refractivity (Wildman–Crippen MR) is 189 cm³/mol. The number of nitrogen functional groups attached to an aromatic ring is 2. The number of ether oxygens (including phenoxy) is 2. The van der Waals surface area contributed by atoms with E-state index in [1.807, 2.05) is 6.07 Å². The van der Waals surface area contributed by atoms with Gasteiger partial charge in [-0.05, 0) is 161 Å². The number of hydrogen-bond donors (Lipinski definition) is 2. The number of rotatable bonds is 8. The monoisotopic (exact) mass is 640 g/mol. The molecule has 4 fully saturated rings. The number of nitrogens with two attached hydrogens (primary N) is 2. The molecule has 4 aliphatic carbocycles. The van der Waals surface area contributed by atoms with E-state index in [1.54, 1.807) is 42.5 Å². The molecule has 6 nitrogen and oxygen atoms in total. The van der Waals surface area contributed by atoms with Crippen LogP contribution in [0, 0.1) is 46.3 Å². The summed E-state index contributed by atoms with van der Waals surface area (Å²) in [6.07, 6.45) is 12.8. The molecule has 0 amide bonds. The van der Waals surface area contributed by atoms with Crippen molar-refractivity contribution in [2.24, 2.45) is 46.3 Å². The number of anilines is 2. The van der Waals surface area contributed by atoms with E-state index < -0.39 is 0 Å². The maximum absolute atomic E-state index is 13.7. The first kappa shape index (κ1) is 33.6. The van der Waals surface area contributed by atoms with Gasteiger partial charge in [-0.25, -0.2) is 9.59 Å². The first-order chi connectivity index (χ1) is 22.4. The largest absolute Gasteiger partial charge is 0.459 e. The van der Waals surface area contributed by atoms with Crippen LogP contribution in [0.25, 0.3) is 0 Å². The number of allylic oxidation sites excluding steroid dienone is 2. The highest BCUT2D eigenvalue weighted by Gasteiger charge is 2.63. The molecule has 0 aliphatic heterocycles. The lowest BCUT2D eigenvalue weighted by Crippen LogP contribution is -2.59. The predicted octanol–water partition coefficient (Wildman–Crippen LogP) is 9.25. The summed E-state index contributed by atoms with van der Waals surface area (Å²) in [6, 6.07) is 14.0. The van der Waals surface area contributed by atoms with E-state index in [2.05, 4.69) is 40.7 Å². The number of benzene rings is 2. The number of fused-ring (bicyclic) bond motifs is 5. The first-order valence-electron chi connectivity index (χ1n) is 18.2. The van der Waals surface area contributed by atoms with Crippen LogP contribution in [0.2, 0.25) is 0 Å². The molecule has 0 spiro atoms. The molecule has 0 radical (unpaired) electrons. The second kappa shape index (κ2) is 13.3. The zero-order chi connectivity index (χ0) is 33.5. The van der Waals surface area contributed by atoms with Crippen molar-refractivity contribution < 1.29 is 19.1 Å². The highest BCUT2D eigenvalue weighted by atomic mass is 16.6. The van der Waals surface area contributed by atoms with Crippen LogP contribution in [0.3, 0.4) is 0 Å². The zero-order valence-electron chi connectivity index (χ0n) is 29.2.